The molecule has 0 radical (unpaired) electrons. The van der Waals surface area contributed by atoms with Crippen LogP contribution in [0.15, 0.2) is 10.2 Å². The molecule has 24 heavy (non-hydrogen) atoms. The molecule has 0 spiro atoms. The lowest BCUT2D eigenvalue weighted by molar-refractivity contribution is 0.966. The molecule has 4 aromatic rings. The number of fused-ring (bicyclic) bond motifs is 2. The van der Waals surface area contributed by atoms with Gasteiger partial charge in [-0.2, -0.15) is 19.9 Å². The van der Waals surface area contributed by atoms with Gasteiger partial charge in [0.2, 0.25) is 23.8 Å². The van der Waals surface area contributed by atoms with Gasteiger partial charge in [-0.25, -0.2) is 8.80 Å². The van der Waals surface area contributed by atoms with Crippen LogP contribution in [0.3, 0.4) is 0 Å². The van der Waals surface area contributed by atoms with Gasteiger partial charge in [0.15, 0.2) is 0 Å². The molecule has 16 nitrogen and oxygen atoms in total. The van der Waals surface area contributed by atoms with Crippen LogP contribution in [0.5, 0.6) is 0 Å². The lowest BCUT2D eigenvalue weighted by atomic mass is 10.8. The molecule has 120 valence electrons. The molecule has 0 unspecified atom stereocenters. The predicted molar refractivity (Wildman–Crippen MR) is 79.0 cm³/mol. The molecule has 0 aliphatic heterocycles. The summed E-state index contributed by atoms with van der Waals surface area (Å²) in [5.41, 5.74) is 22.4. The number of azo groups is 1. The molecule has 0 amide bonds. The maximum absolute atomic E-state index is 5.75. The van der Waals surface area contributed by atoms with E-state index in [1.807, 2.05) is 0 Å². The van der Waals surface area contributed by atoms with Crippen molar-refractivity contribution >= 4 is 47.2 Å². The molecule has 0 fully saturated rings. The first-order valence-electron chi connectivity index (χ1n) is 6.23. The first kappa shape index (κ1) is 13.4. The summed E-state index contributed by atoms with van der Waals surface area (Å²) in [4.78, 5) is 15.3. The third-order valence-electron chi connectivity index (χ3n) is 2.83. The van der Waals surface area contributed by atoms with Gasteiger partial charge in [-0.05, 0) is 0 Å². The molecule has 4 rings (SSSR count). The van der Waals surface area contributed by atoms with E-state index >= 15 is 0 Å². The Morgan fingerprint density at radius 2 is 1.00 bits per heavy atom. The Morgan fingerprint density at radius 1 is 0.583 bits per heavy atom. The molecule has 16 heteroatoms. The highest BCUT2D eigenvalue weighted by Crippen LogP contribution is 2.19. The molecular weight excluding hydrogens is 320 g/mol. The zero-order chi connectivity index (χ0) is 16.8. The van der Waals surface area contributed by atoms with Crippen LogP contribution >= 0.6 is 0 Å². The Morgan fingerprint density at radius 3 is 1.42 bits per heavy atom. The Balaban J connectivity index is 1.82. The molecule has 4 aromatic heterocycles. The second-order valence-corrected chi connectivity index (χ2v) is 4.35. The maximum atomic E-state index is 5.75. The van der Waals surface area contributed by atoms with E-state index in [-0.39, 0.29) is 47.2 Å². The van der Waals surface area contributed by atoms with E-state index in [1.165, 1.54) is 8.80 Å². The summed E-state index contributed by atoms with van der Waals surface area (Å²) in [6.07, 6.45) is 0. The normalized spacial score (nSPS) is 11.8. The standard InChI is InChI=1S/C8H8N16/c9-1-13-3(11)23-5(15-1)17-19-7(23)21-22-8-20-18-6-16-2(10)14-4(12)24(6)8/h(H4,9,11,13,15,17)(H4,10,12,14,16,18)/b22-21-. The first-order chi connectivity index (χ1) is 11.5. The summed E-state index contributed by atoms with van der Waals surface area (Å²) in [6, 6.07) is 0. The van der Waals surface area contributed by atoms with Gasteiger partial charge in [-0.15, -0.1) is 30.6 Å². The molecule has 0 aliphatic carbocycles. The van der Waals surface area contributed by atoms with Crippen LogP contribution in [0.1, 0.15) is 0 Å². The van der Waals surface area contributed by atoms with E-state index < -0.39 is 0 Å². The fourth-order valence-electron chi connectivity index (χ4n) is 1.90. The first-order valence-corrected chi connectivity index (χ1v) is 6.23. The van der Waals surface area contributed by atoms with Gasteiger partial charge in [-0.3, -0.25) is 0 Å². The average molecular weight is 328 g/mol. The zero-order valence-electron chi connectivity index (χ0n) is 11.7. The number of nitrogens with zero attached hydrogens (tertiary/aromatic N) is 12. The monoisotopic (exact) mass is 328 g/mol. The largest absolute Gasteiger partial charge is 0.369 e. The van der Waals surface area contributed by atoms with Crippen LogP contribution < -0.4 is 22.9 Å². The molecule has 0 aromatic carbocycles. The number of rotatable bonds is 2. The van der Waals surface area contributed by atoms with Crippen LogP contribution in [0, 0.1) is 0 Å². The SMILES string of the molecule is Nc1nc(N)n2c(/N=N\c3nnc4nc(N)nc(N)n34)nnc2n1. The van der Waals surface area contributed by atoms with Crippen molar-refractivity contribution in [2.75, 3.05) is 22.9 Å². The second kappa shape index (κ2) is 4.63. The predicted octanol–water partition coefficient (Wildman–Crippen LogP) is -1.90. The Labute approximate surface area is 130 Å². The van der Waals surface area contributed by atoms with Crippen molar-refractivity contribution in [1.29, 1.82) is 0 Å². The van der Waals surface area contributed by atoms with E-state index in [2.05, 4.69) is 50.6 Å². The number of anilines is 4. The minimum atomic E-state index is -0.0400. The van der Waals surface area contributed by atoms with Crippen molar-refractivity contribution in [2.45, 2.75) is 0 Å². The zero-order valence-corrected chi connectivity index (χ0v) is 11.7. The van der Waals surface area contributed by atoms with Crippen molar-refractivity contribution in [3.05, 3.63) is 0 Å². The summed E-state index contributed by atoms with van der Waals surface area (Å²) >= 11 is 0. The molecule has 8 N–H and O–H groups in total. The minimum Gasteiger partial charge on any atom is -0.369 e. The summed E-state index contributed by atoms with van der Waals surface area (Å²) < 4.78 is 2.50. The number of nitrogens with two attached hydrogens (primary N) is 4. The third kappa shape index (κ3) is 1.94. The molecule has 0 atom stereocenters. The molecule has 0 saturated carbocycles. The van der Waals surface area contributed by atoms with Crippen molar-refractivity contribution in [2.24, 2.45) is 10.2 Å². The van der Waals surface area contributed by atoms with Crippen LogP contribution in [0.2, 0.25) is 0 Å². The third-order valence-corrected chi connectivity index (χ3v) is 2.83. The van der Waals surface area contributed by atoms with Gasteiger partial charge in [0, 0.05) is 0 Å². The van der Waals surface area contributed by atoms with E-state index in [0.29, 0.717) is 0 Å². The topological polar surface area (TPSA) is 241 Å². The van der Waals surface area contributed by atoms with Crippen molar-refractivity contribution < 1.29 is 0 Å². The lowest BCUT2D eigenvalue weighted by Gasteiger charge is -1.99. The Hall–Kier alpha value is -4.24. The van der Waals surface area contributed by atoms with Crippen molar-refractivity contribution in [1.82, 2.24) is 49.1 Å². The van der Waals surface area contributed by atoms with Gasteiger partial charge in [0.05, 0.1) is 0 Å². The highest BCUT2D eigenvalue weighted by molar-refractivity contribution is 5.48. The number of aromatic nitrogens is 10. The number of hydrogen-bond donors (Lipinski definition) is 4. The molecule has 0 saturated heterocycles. The van der Waals surface area contributed by atoms with Crippen molar-refractivity contribution in [3.63, 3.8) is 0 Å². The van der Waals surface area contributed by atoms with Gasteiger partial charge in [0.25, 0.3) is 23.5 Å². The number of hydrogen-bond acceptors (Lipinski definition) is 14. The van der Waals surface area contributed by atoms with Crippen molar-refractivity contribution in [3.8, 4) is 0 Å². The van der Waals surface area contributed by atoms with Crippen LogP contribution in [0.25, 0.3) is 11.6 Å². The molecular formula is C8H8N16. The lowest BCUT2D eigenvalue weighted by Crippen LogP contribution is -2.06. The molecule has 0 aliphatic rings. The highest BCUT2D eigenvalue weighted by Gasteiger charge is 2.13. The average Bonchev–Trinajstić information content (AvgIpc) is 3.08. The van der Waals surface area contributed by atoms with Gasteiger partial charge < -0.3 is 22.9 Å². The van der Waals surface area contributed by atoms with E-state index in [1.54, 1.807) is 0 Å². The smallest absolute Gasteiger partial charge is 0.278 e. The molecule has 0 bridgehead atoms. The Kier molecular flexibility index (Phi) is 2.59. The van der Waals surface area contributed by atoms with E-state index in [4.69, 9.17) is 22.9 Å². The fraction of sp³-hybridized carbons (Fsp3) is 0. The van der Waals surface area contributed by atoms with Gasteiger partial charge in [-0.1, -0.05) is 0 Å². The van der Waals surface area contributed by atoms with Crippen LogP contribution in [0.4, 0.5) is 35.7 Å². The minimum absolute atomic E-state index is 0.00169. The molecule has 4 heterocycles. The van der Waals surface area contributed by atoms with E-state index in [0.717, 1.165) is 0 Å². The van der Waals surface area contributed by atoms with Gasteiger partial charge >= 0.3 is 0 Å². The summed E-state index contributed by atoms with van der Waals surface area (Å²) in [7, 11) is 0. The summed E-state index contributed by atoms with van der Waals surface area (Å²) in [5, 5.41) is 22.9. The highest BCUT2D eigenvalue weighted by atomic mass is 15.4. The van der Waals surface area contributed by atoms with Crippen LogP contribution in [-0.4, -0.2) is 49.1 Å². The fourth-order valence-corrected chi connectivity index (χ4v) is 1.90. The maximum Gasteiger partial charge on any atom is 0.278 e. The van der Waals surface area contributed by atoms with Gasteiger partial charge in [0.1, 0.15) is 0 Å². The Bertz CT molecular complexity index is 1010. The summed E-state index contributed by atoms with van der Waals surface area (Å²) in [6.45, 7) is 0. The second-order valence-electron chi connectivity index (χ2n) is 4.35. The summed E-state index contributed by atoms with van der Waals surface area (Å²) in [5.74, 6) is 0.176. The number of nitrogen functional groups attached to an aromatic ring is 4. The quantitative estimate of drug-likeness (QED) is 0.295. The van der Waals surface area contributed by atoms with Crippen LogP contribution in [-0.2, 0) is 0 Å². The van der Waals surface area contributed by atoms with E-state index in [9.17, 15) is 0 Å².